The standard InChI is InChI=1S/C10H15N3O2S.ClH/c1-13-4-5-16-10(13)12-9(14)8-3-2-7(6-11)15-8;/h4-5,7-8H,2-3,6,11H2,1H3;1H/t7-,8+;/m1./s1. The number of carbonyl (C=O) groups is 1. The molecule has 5 nitrogen and oxygen atoms in total. The number of carbonyl (C=O) groups excluding carboxylic acids is 1. The van der Waals surface area contributed by atoms with Gasteiger partial charge in [0.05, 0.1) is 6.10 Å². The number of hydrogen-bond donors (Lipinski definition) is 1. The molecule has 17 heavy (non-hydrogen) atoms. The van der Waals surface area contributed by atoms with E-state index in [0.29, 0.717) is 11.3 Å². The van der Waals surface area contributed by atoms with Gasteiger partial charge in [-0.05, 0) is 12.8 Å². The van der Waals surface area contributed by atoms with Crippen molar-refractivity contribution >= 4 is 29.7 Å². The number of aryl methyl sites for hydroxylation is 1. The number of thiazole rings is 1. The Kier molecular flexibility index (Phi) is 5.32. The number of rotatable bonds is 2. The van der Waals surface area contributed by atoms with E-state index in [2.05, 4.69) is 4.99 Å². The van der Waals surface area contributed by atoms with Crippen molar-refractivity contribution in [2.24, 2.45) is 17.8 Å². The molecule has 0 aromatic carbocycles. The summed E-state index contributed by atoms with van der Waals surface area (Å²) in [7, 11) is 1.86. The molecule has 0 radical (unpaired) electrons. The number of nitrogens with zero attached hydrogens (tertiary/aromatic N) is 2. The Balaban J connectivity index is 0.00000144. The molecule has 0 aliphatic carbocycles. The topological polar surface area (TPSA) is 69.6 Å². The molecule has 7 heteroatoms. The van der Waals surface area contributed by atoms with Crippen LogP contribution < -0.4 is 10.5 Å². The van der Waals surface area contributed by atoms with Crippen LogP contribution in [0.4, 0.5) is 0 Å². The van der Waals surface area contributed by atoms with Crippen molar-refractivity contribution in [1.82, 2.24) is 4.57 Å². The van der Waals surface area contributed by atoms with Crippen LogP contribution in [0, 0.1) is 0 Å². The number of halogens is 1. The normalized spacial score (nSPS) is 24.7. The average molecular weight is 278 g/mol. The summed E-state index contributed by atoms with van der Waals surface area (Å²) in [4.78, 5) is 16.5. The van der Waals surface area contributed by atoms with Gasteiger partial charge in [0, 0.05) is 25.2 Å². The highest BCUT2D eigenvalue weighted by Gasteiger charge is 2.29. The van der Waals surface area contributed by atoms with Crippen molar-refractivity contribution in [3.63, 3.8) is 0 Å². The molecule has 96 valence electrons. The van der Waals surface area contributed by atoms with Crippen molar-refractivity contribution in [1.29, 1.82) is 0 Å². The SMILES string of the molecule is Cl.Cn1ccsc1=NC(=O)[C@@H]1CC[C@H](CN)O1. The van der Waals surface area contributed by atoms with Crippen molar-refractivity contribution in [3.05, 3.63) is 16.4 Å². The van der Waals surface area contributed by atoms with E-state index in [9.17, 15) is 4.79 Å². The zero-order valence-electron chi connectivity index (χ0n) is 9.54. The van der Waals surface area contributed by atoms with Gasteiger partial charge in [-0.2, -0.15) is 4.99 Å². The summed E-state index contributed by atoms with van der Waals surface area (Å²) in [5.41, 5.74) is 5.49. The van der Waals surface area contributed by atoms with Gasteiger partial charge >= 0.3 is 0 Å². The Morgan fingerprint density at radius 3 is 3.00 bits per heavy atom. The molecule has 2 rings (SSSR count). The molecule has 1 saturated heterocycles. The Morgan fingerprint density at radius 2 is 2.47 bits per heavy atom. The minimum absolute atomic E-state index is 0. The summed E-state index contributed by atoms with van der Waals surface area (Å²) in [6.45, 7) is 0.469. The second kappa shape index (κ2) is 6.30. The summed E-state index contributed by atoms with van der Waals surface area (Å²) in [6.07, 6.45) is 3.05. The second-order valence-electron chi connectivity index (χ2n) is 3.81. The lowest BCUT2D eigenvalue weighted by Gasteiger charge is -2.07. The minimum Gasteiger partial charge on any atom is -0.364 e. The largest absolute Gasteiger partial charge is 0.364 e. The molecule has 0 bridgehead atoms. The third-order valence-electron chi connectivity index (χ3n) is 2.61. The maximum absolute atomic E-state index is 11.8. The summed E-state index contributed by atoms with van der Waals surface area (Å²) in [6, 6.07) is 0. The van der Waals surface area contributed by atoms with Gasteiger partial charge < -0.3 is 15.0 Å². The molecule has 2 N–H and O–H groups in total. The van der Waals surface area contributed by atoms with Gasteiger partial charge in [-0.25, -0.2) is 0 Å². The second-order valence-corrected chi connectivity index (χ2v) is 4.68. The van der Waals surface area contributed by atoms with Crippen LogP contribution in [0.25, 0.3) is 0 Å². The van der Waals surface area contributed by atoms with Crippen LogP contribution in [0.1, 0.15) is 12.8 Å². The van der Waals surface area contributed by atoms with Crippen LogP contribution in [0.5, 0.6) is 0 Å². The van der Waals surface area contributed by atoms with E-state index in [1.54, 1.807) is 0 Å². The van der Waals surface area contributed by atoms with E-state index in [1.807, 2.05) is 23.2 Å². The molecule has 2 heterocycles. The van der Waals surface area contributed by atoms with Crippen LogP contribution in [-0.2, 0) is 16.6 Å². The molecular weight excluding hydrogens is 262 g/mol. The van der Waals surface area contributed by atoms with Gasteiger partial charge in [0.25, 0.3) is 5.91 Å². The third-order valence-corrected chi connectivity index (χ3v) is 3.46. The number of amides is 1. The van der Waals surface area contributed by atoms with Gasteiger partial charge in [-0.3, -0.25) is 4.79 Å². The molecule has 1 fully saturated rings. The fourth-order valence-electron chi connectivity index (χ4n) is 1.66. The molecule has 1 aliphatic heterocycles. The smallest absolute Gasteiger partial charge is 0.277 e. The Labute approximate surface area is 110 Å². The van der Waals surface area contributed by atoms with Crippen molar-refractivity contribution in [2.45, 2.75) is 25.0 Å². The molecule has 1 aromatic rings. The monoisotopic (exact) mass is 277 g/mol. The predicted octanol–water partition coefficient (Wildman–Crippen LogP) is 0.442. The molecule has 1 aliphatic rings. The van der Waals surface area contributed by atoms with Crippen molar-refractivity contribution < 1.29 is 9.53 Å². The van der Waals surface area contributed by atoms with Crippen LogP contribution in [0.3, 0.4) is 0 Å². The van der Waals surface area contributed by atoms with Crippen LogP contribution in [-0.4, -0.2) is 29.2 Å². The van der Waals surface area contributed by atoms with Gasteiger partial charge in [-0.15, -0.1) is 23.7 Å². The molecule has 0 unspecified atom stereocenters. The number of hydrogen-bond acceptors (Lipinski definition) is 4. The highest BCUT2D eigenvalue weighted by Crippen LogP contribution is 2.19. The molecule has 1 amide bonds. The third kappa shape index (κ3) is 3.38. The molecule has 0 saturated carbocycles. The van der Waals surface area contributed by atoms with E-state index >= 15 is 0 Å². The van der Waals surface area contributed by atoms with Crippen LogP contribution in [0.2, 0.25) is 0 Å². The predicted molar refractivity (Wildman–Crippen MR) is 68.1 cm³/mol. The number of nitrogens with two attached hydrogens (primary N) is 1. The number of aromatic nitrogens is 1. The van der Waals surface area contributed by atoms with Gasteiger partial charge in [0.2, 0.25) is 0 Å². The fraction of sp³-hybridized carbons (Fsp3) is 0.600. The Morgan fingerprint density at radius 1 is 1.71 bits per heavy atom. The Hall–Kier alpha value is -0.690. The van der Waals surface area contributed by atoms with Crippen LogP contribution >= 0.6 is 23.7 Å². The maximum Gasteiger partial charge on any atom is 0.277 e. The first kappa shape index (κ1) is 14.4. The first-order valence-corrected chi connectivity index (χ1v) is 6.13. The highest BCUT2D eigenvalue weighted by atomic mass is 35.5. The summed E-state index contributed by atoms with van der Waals surface area (Å²) >= 11 is 1.44. The summed E-state index contributed by atoms with van der Waals surface area (Å²) in [5.74, 6) is -0.200. The number of ether oxygens (including phenoxy) is 1. The lowest BCUT2D eigenvalue weighted by molar-refractivity contribution is -0.128. The lowest BCUT2D eigenvalue weighted by atomic mass is 10.2. The molecule has 2 atom stereocenters. The van der Waals surface area contributed by atoms with E-state index in [1.165, 1.54) is 11.3 Å². The highest BCUT2D eigenvalue weighted by molar-refractivity contribution is 7.07. The zero-order chi connectivity index (χ0) is 11.5. The van der Waals surface area contributed by atoms with Crippen molar-refractivity contribution in [2.75, 3.05) is 6.54 Å². The maximum atomic E-state index is 11.8. The summed E-state index contributed by atoms with van der Waals surface area (Å²) < 4.78 is 7.31. The molecule has 1 aromatic heterocycles. The van der Waals surface area contributed by atoms with Crippen LogP contribution in [0.15, 0.2) is 16.6 Å². The van der Waals surface area contributed by atoms with E-state index in [-0.39, 0.29) is 24.4 Å². The first-order chi connectivity index (χ1) is 7.70. The first-order valence-electron chi connectivity index (χ1n) is 5.25. The lowest BCUT2D eigenvalue weighted by Crippen LogP contribution is -2.26. The van der Waals surface area contributed by atoms with E-state index in [4.69, 9.17) is 10.5 Å². The molecule has 0 spiro atoms. The Bertz CT molecular complexity index is 443. The average Bonchev–Trinajstić information content (AvgIpc) is 2.88. The zero-order valence-corrected chi connectivity index (χ0v) is 11.2. The van der Waals surface area contributed by atoms with E-state index < -0.39 is 6.10 Å². The fourth-order valence-corrected chi connectivity index (χ4v) is 2.40. The molecular formula is C10H16ClN3O2S. The van der Waals surface area contributed by atoms with Gasteiger partial charge in [0.1, 0.15) is 6.10 Å². The van der Waals surface area contributed by atoms with Crippen molar-refractivity contribution in [3.8, 4) is 0 Å². The quantitative estimate of drug-likeness (QED) is 0.853. The van der Waals surface area contributed by atoms with E-state index in [0.717, 1.165) is 12.8 Å². The summed E-state index contributed by atoms with van der Waals surface area (Å²) in [5, 5.41) is 1.89. The van der Waals surface area contributed by atoms with Gasteiger partial charge in [0.15, 0.2) is 4.80 Å². The minimum atomic E-state index is -0.407. The van der Waals surface area contributed by atoms with Gasteiger partial charge in [-0.1, -0.05) is 0 Å².